The number of nitrogens with one attached hydrogen (secondary N) is 2. The topological polar surface area (TPSA) is 215 Å². The van der Waals surface area contributed by atoms with E-state index in [2.05, 4.69) is 36.3 Å². The lowest BCUT2D eigenvalue weighted by Gasteiger charge is -2.23. The molecule has 2 aliphatic rings. The Balaban J connectivity index is 0.000000308. The molecule has 25 heteroatoms. The number of halogens is 6. The molecule has 0 aromatic heterocycles. The van der Waals surface area contributed by atoms with E-state index < -0.39 is 21.5 Å². The van der Waals surface area contributed by atoms with Crippen LogP contribution in [0.4, 0.5) is 0 Å². The number of aliphatic hydroxyl groups excluding tert-OH is 1. The van der Waals surface area contributed by atoms with E-state index in [0.717, 1.165) is 33.4 Å². The van der Waals surface area contributed by atoms with Crippen molar-refractivity contribution in [2.75, 3.05) is 74.8 Å². The SMILES string of the molecule is CCN(CC)CC.COc1c(CO)c2c(c(OC)c1OC)-c1ccc(SC)c(=O)cc1[C@H](NC(C)=O)CC2.COc1c(COC(=O)c2ccc(CCl)cc2)c2c(c(OC)c1OC)-c1ccc(SC)c(=O)cc1[C@H](NC(C)=O)CC2.ClC(Cl)Cl.O=C(Cl)c1ccc(CCl)cc1. The summed E-state index contributed by atoms with van der Waals surface area (Å²) in [5, 5.41) is 15.8. The maximum Gasteiger partial charge on any atom is 0.338 e. The molecule has 8 rings (SSSR count). The number of hydrogen-bond acceptors (Lipinski definition) is 17. The first-order valence-electron chi connectivity index (χ1n) is 29.6. The van der Waals surface area contributed by atoms with E-state index in [-0.39, 0.29) is 41.9 Å². The van der Waals surface area contributed by atoms with Crippen molar-refractivity contribution in [3.05, 3.63) is 161 Å². The number of aliphatic hydroxyl groups is 1. The van der Waals surface area contributed by atoms with Crippen LogP contribution in [0.3, 0.4) is 0 Å². The number of carbonyl (C=O) groups is 4. The summed E-state index contributed by atoms with van der Waals surface area (Å²) in [6, 6.07) is 23.4. The van der Waals surface area contributed by atoms with Crippen LogP contribution in [0.25, 0.3) is 22.3 Å². The highest BCUT2D eigenvalue weighted by Gasteiger charge is 2.35. The van der Waals surface area contributed by atoms with Gasteiger partial charge in [0.1, 0.15) is 6.61 Å². The average Bonchev–Trinajstić information content (AvgIpc) is 1.43. The highest BCUT2D eigenvalue weighted by molar-refractivity contribution is 7.98. The minimum Gasteiger partial charge on any atom is -0.492 e. The summed E-state index contributed by atoms with van der Waals surface area (Å²) in [6.07, 6.45) is 5.72. The number of benzene rings is 4. The molecular weight excluding hydrogens is 1370 g/mol. The maximum atomic E-state index is 13.1. The van der Waals surface area contributed by atoms with E-state index in [1.807, 2.05) is 24.6 Å². The zero-order valence-corrected chi connectivity index (χ0v) is 61.0. The maximum absolute atomic E-state index is 13.1. The number of fused-ring (bicyclic) bond motifs is 6. The van der Waals surface area contributed by atoms with E-state index in [0.29, 0.717) is 126 Å². The summed E-state index contributed by atoms with van der Waals surface area (Å²) in [4.78, 5) is 77.2. The first-order valence-corrected chi connectivity index (χ1v) is 34.8. The molecule has 510 valence electrons. The number of alkyl halides is 5. The number of thioether (sulfide) groups is 2. The predicted molar refractivity (Wildman–Crippen MR) is 381 cm³/mol. The lowest BCUT2D eigenvalue weighted by molar-refractivity contribution is -0.120. The van der Waals surface area contributed by atoms with Gasteiger partial charge in [-0.15, -0.1) is 46.7 Å². The third kappa shape index (κ3) is 21.2. The molecule has 0 saturated heterocycles. The van der Waals surface area contributed by atoms with Gasteiger partial charge in [0.05, 0.1) is 76.7 Å². The number of esters is 1. The quantitative estimate of drug-likeness (QED) is 0.0280. The molecule has 0 unspecified atom stereocenters. The van der Waals surface area contributed by atoms with Crippen LogP contribution in [0.5, 0.6) is 34.5 Å². The molecule has 2 atom stereocenters. The van der Waals surface area contributed by atoms with Crippen molar-refractivity contribution in [2.24, 2.45) is 0 Å². The lowest BCUT2D eigenvalue weighted by Crippen LogP contribution is -2.26. The molecule has 2 amide bonds. The minimum absolute atomic E-state index is 0.107. The van der Waals surface area contributed by atoms with Gasteiger partial charge in [-0.2, -0.15) is 0 Å². The van der Waals surface area contributed by atoms with Crippen LogP contribution in [-0.4, -0.2) is 112 Å². The van der Waals surface area contributed by atoms with Crippen molar-refractivity contribution >= 4 is 116 Å². The highest BCUT2D eigenvalue weighted by atomic mass is 35.6. The van der Waals surface area contributed by atoms with Gasteiger partial charge in [0.2, 0.25) is 23.3 Å². The van der Waals surface area contributed by atoms with E-state index in [1.165, 1.54) is 92.6 Å². The Hall–Kier alpha value is -6.10. The second kappa shape index (κ2) is 40.5. The van der Waals surface area contributed by atoms with Gasteiger partial charge in [0.15, 0.2) is 38.2 Å². The average molecular weight is 1450 g/mol. The fourth-order valence-electron chi connectivity index (χ4n) is 10.8. The van der Waals surface area contributed by atoms with Gasteiger partial charge in [-0.3, -0.25) is 24.0 Å². The Bertz CT molecular complexity index is 3670. The van der Waals surface area contributed by atoms with Crippen molar-refractivity contribution in [1.29, 1.82) is 0 Å². The number of methoxy groups -OCH3 is 6. The summed E-state index contributed by atoms with van der Waals surface area (Å²) < 4.78 is 39.5. The number of amides is 2. The smallest absolute Gasteiger partial charge is 0.338 e. The first kappa shape index (κ1) is 80.3. The molecule has 3 N–H and O–H groups in total. The second-order valence-electron chi connectivity index (χ2n) is 20.5. The van der Waals surface area contributed by atoms with Crippen molar-refractivity contribution < 1.29 is 57.4 Å². The summed E-state index contributed by atoms with van der Waals surface area (Å²) >= 11 is 33.8. The molecule has 0 fully saturated rings. The van der Waals surface area contributed by atoms with Crippen LogP contribution in [0.15, 0.2) is 104 Å². The number of hydrogen-bond donors (Lipinski definition) is 3. The number of nitrogens with zero attached hydrogens (tertiary/aromatic N) is 1. The third-order valence-corrected chi connectivity index (χ3v) is 17.6. The molecule has 94 heavy (non-hydrogen) atoms. The Labute approximate surface area is 589 Å². The first-order chi connectivity index (χ1) is 45.0. The van der Waals surface area contributed by atoms with E-state index in [1.54, 1.807) is 79.9 Å². The summed E-state index contributed by atoms with van der Waals surface area (Å²) in [6.45, 7) is 12.7. The lowest BCUT2D eigenvalue weighted by atomic mass is 9.91. The Morgan fingerprint density at radius 2 is 0.926 bits per heavy atom. The van der Waals surface area contributed by atoms with Gasteiger partial charge in [-0.05, 0) is 162 Å². The van der Waals surface area contributed by atoms with Gasteiger partial charge in [-0.1, -0.05) is 92.0 Å². The van der Waals surface area contributed by atoms with Gasteiger partial charge in [0, 0.05) is 53.4 Å². The largest absolute Gasteiger partial charge is 0.492 e. The van der Waals surface area contributed by atoms with Gasteiger partial charge in [-0.25, -0.2) is 4.79 Å². The van der Waals surface area contributed by atoms with Crippen LogP contribution in [-0.2, 0) is 52.1 Å². The predicted octanol–water partition coefficient (Wildman–Crippen LogP) is 14.9. The van der Waals surface area contributed by atoms with Crippen molar-refractivity contribution in [2.45, 2.75) is 111 Å². The van der Waals surface area contributed by atoms with Crippen LogP contribution < -0.4 is 49.9 Å². The summed E-state index contributed by atoms with van der Waals surface area (Å²) in [5.74, 6) is 2.26. The summed E-state index contributed by atoms with van der Waals surface area (Å²) in [5.41, 5.74) is 9.60. The molecule has 0 saturated carbocycles. The van der Waals surface area contributed by atoms with Crippen LogP contribution in [0, 0.1) is 0 Å². The van der Waals surface area contributed by atoms with Gasteiger partial charge in [0.25, 0.3) is 5.24 Å². The van der Waals surface area contributed by atoms with E-state index in [4.69, 9.17) is 103 Å². The molecule has 0 radical (unpaired) electrons. The third-order valence-electron chi connectivity index (χ3n) is 15.2. The standard InChI is InChI=1S/C31H32ClNO7S.C23H27NO6S.C8H6Cl2O.C6H15N.CHCl3/c1-17(34)33-24-12-10-21-23(16-40-31(36)19-8-6-18(15-32)7-9-19)28(37-2)30(39-4)29(38-3)27(21)20-11-13-26(41-5)25(35)14-22(20)24;1-12(26)24-17-8-6-14-16(11-25)21(28-2)23(30-4)22(29-3)20(14)13-7-9-19(31-5)18(27)10-15(13)17;9-5-6-1-3-7(4-2-6)8(10)11;1-4-7(5-2)6-3;2-1(3)4/h6-9,11,13-14,24H,10,12,15-16H2,1-5H3,(H,33,34);7,9-10,17,25H,6,8,11H2,1-5H3,(H,24,26);1-4H,5H2;4-6H2,1-3H3;1H/t24-;17-;;;/m11.../s1. The minimum atomic E-state index is -0.750. The molecule has 0 aliphatic heterocycles. The fourth-order valence-corrected chi connectivity index (χ4v) is 12.3. The highest BCUT2D eigenvalue weighted by Crippen LogP contribution is 2.54. The molecule has 0 spiro atoms. The van der Waals surface area contributed by atoms with Crippen molar-refractivity contribution in [3.63, 3.8) is 0 Å². The monoisotopic (exact) mass is 1450 g/mol. The Morgan fingerprint density at radius 3 is 1.23 bits per heavy atom. The van der Waals surface area contributed by atoms with E-state index in [9.17, 15) is 33.9 Å². The van der Waals surface area contributed by atoms with Gasteiger partial charge >= 0.3 is 5.97 Å². The number of carbonyl (C=O) groups excluding carboxylic acids is 4. The van der Waals surface area contributed by atoms with Gasteiger partial charge < -0.3 is 53.8 Å². The normalized spacial score (nSPS) is 13.1. The Kier molecular flexibility index (Phi) is 34.6. The van der Waals surface area contributed by atoms with Crippen molar-refractivity contribution in [1.82, 2.24) is 15.5 Å². The summed E-state index contributed by atoms with van der Waals surface area (Å²) in [7, 11) is 9.12. The van der Waals surface area contributed by atoms with Crippen molar-refractivity contribution in [3.8, 4) is 56.8 Å². The van der Waals surface area contributed by atoms with Crippen LogP contribution >= 0.6 is 93.1 Å². The molecule has 2 aliphatic carbocycles. The zero-order chi connectivity index (χ0) is 69.9. The molecule has 0 bridgehead atoms. The molecule has 0 heterocycles. The zero-order valence-electron chi connectivity index (χ0n) is 54.9. The molecule has 17 nitrogen and oxygen atoms in total. The molecule has 6 aromatic rings. The van der Waals surface area contributed by atoms with Crippen LogP contribution in [0.2, 0.25) is 0 Å². The fraction of sp³-hybridized carbons (Fsp3) is 0.391. The van der Waals surface area contributed by atoms with E-state index >= 15 is 0 Å². The molecule has 6 aromatic carbocycles. The second-order valence-corrected chi connectivity index (χ2v) is 25.1. The Morgan fingerprint density at radius 1 is 0.564 bits per heavy atom. The number of rotatable bonds is 20. The van der Waals surface area contributed by atoms with Crippen LogP contribution in [0.1, 0.15) is 125 Å². The number of ether oxygens (including phenoxy) is 7. The molecular formula is C69H81Cl6N3O14S2.